The molecule has 0 heterocycles. The Bertz CT molecular complexity index is 690. The van der Waals surface area contributed by atoms with Crippen molar-refractivity contribution in [1.29, 1.82) is 0 Å². The summed E-state index contributed by atoms with van der Waals surface area (Å²) in [5.41, 5.74) is 7.19. The summed E-state index contributed by atoms with van der Waals surface area (Å²) in [5, 5.41) is 4.78. The van der Waals surface area contributed by atoms with Crippen molar-refractivity contribution >= 4 is 23.2 Å². The van der Waals surface area contributed by atoms with Crippen molar-refractivity contribution in [3.63, 3.8) is 0 Å². The van der Waals surface area contributed by atoms with Crippen LogP contribution in [0.5, 0.6) is 0 Å². The number of amides is 1. The zero-order valence-electron chi connectivity index (χ0n) is 12.3. The van der Waals surface area contributed by atoms with Gasteiger partial charge in [0, 0.05) is 16.1 Å². The monoisotopic (exact) mass is 300 g/mol. The van der Waals surface area contributed by atoms with Crippen molar-refractivity contribution < 1.29 is 4.79 Å². The Kier molecular flexibility index (Phi) is 4.76. The van der Waals surface area contributed by atoms with Crippen molar-refractivity contribution in [3.05, 3.63) is 69.7 Å². The number of nitrogens with zero attached hydrogens (tertiary/aromatic N) is 1. The van der Waals surface area contributed by atoms with Crippen LogP contribution in [0.25, 0.3) is 0 Å². The summed E-state index contributed by atoms with van der Waals surface area (Å²) in [6, 6.07) is 12.8. The molecule has 0 unspecified atom stereocenters. The van der Waals surface area contributed by atoms with Crippen molar-refractivity contribution in [2.75, 3.05) is 0 Å². The first-order valence-electron chi connectivity index (χ1n) is 6.65. The van der Waals surface area contributed by atoms with Crippen LogP contribution in [0, 0.1) is 13.8 Å². The molecule has 2 aromatic rings. The molecule has 0 aliphatic carbocycles. The topological polar surface area (TPSA) is 41.5 Å². The lowest BCUT2D eigenvalue weighted by Gasteiger charge is -2.07. The third-order valence-electron chi connectivity index (χ3n) is 3.21. The summed E-state index contributed by atoms with van der Waals surface area (Å²) in [7, 11) is 0. The van der Waals surface area contributed by atoms with Gasteiger partial charge in [0.15, 0.2) is 0 Å². The Morgan fingerprint density at radius 3 is 2.43 bits per heavy atom. The van der Waals surface area contributed by atoms with Crippen LogP contribution in [-0.4, -0.2) is 11.6 Å². The molecule has 3 nitrogen and oxygen atoms in total. The summed E-state index contributed by atoms with van der Waals surface area (Å²) < 4.78 is 0. The first-order valence-corrected chi connectivity index (χ1v) is 7.03. The highest BCUT2D eigenvalue weighted by Crippen LogP contribution is 2.12. The van der Waals surface area contributed by atoms with Crippen LogP contribution >= 0.6 is 11.6 Å². The molecule has 108 valence electrons. The molecule has 2 aromatic carbocycles. The van der Waals surface area contributed by atoms with E-state index in [1.54, 1.807) is 24.3 Å². The van der Waals surface area contributed by atoms with Crippen molar-refractivity contribution in [3.8, 4) is 0 Å². The van der Waals surface area contributed by atoms with Gasteiger partial charge in [0.25, 0.3) is 5.91 Å². The van der Waals surface area contributed by atoms with E-state index < -0.39 is 0 Å². The predicted octanol–water partition coefficient (Wildman–Crippen LogP) is 4.11. The van der Waals surface area contributed by atoms with Crippen LogP contribution in [0.2, 0.25) is 5.02 Å². The average molecular weight is 301 g/mol. The Labute approximate surface area is 129 Å². The summed E-state index contributed by atoms with van der Waals surface area (Å²) >= 11 is 5.80. The van der Waals surface area contributed by atoms with Crippen molar-refractivity contribution in [2.45, 2.75) is 20.8 Å². The second-order valence-corrected chi connectivity index (χ2v) is 5.40. The molecule has 2 rings (SSSR count). The molecule has 0 fully saturated rings. The third kappa shape index (κ3) is 3.92. The van der Waals surface area contributed by atoms with E-state index in [2.05, 4.69) is 22.7 Å². The normalized spacial score (nSPS) is 11.3. The molecule has 0 atom stereocenters. The maximum atomic E-state index is 12.0. The molecule has 0 saturated carbocycles. The van der Waals surface area contributed by atoms with Crippen LogP contribution < -0.4 is 5.43 Å². The van der Waals surface area contributed by atoms with Crippen molar-refractivity contribution in [1.82, 2.24) is 5.43 Å². The van der Waals surface area contributed by atoms with Crippen LogP contribution in [0.3, 0.4) is 0 Å². The van der Waals surface area contributed by atoms with Gasteiger partial charge in [-0.15, -0.1) is 0 Å². The number of hydrogen-bond donors (Lipinski definition) is 1. The number of nitrogens with one attached hydrogen (secondary N) is 1. The smallest absolute Gasteiger partial charge is 0.267 e. The molecular weight excluding hydrogens is 284 g/mol. The lowest BCUT2D eigenvalue weighted by atomic mass is 10.0. The van der Waals surface area contributed by atoms with Crippen LogP contribution in [0.15, 0.2) is 47.6 Å². The van der Waals surface area contributed by atoms with E-state index in [-0.39, 0.29) is 5.91 Å². The molecule has 21 heavy (non-hydrogen) atoms. The number of hydrogen-bond acceptors (Lipinski definition) is 2. The number of hydrazone groups is 1. The fourth-order valence-corrected chi connectivity index (χ4v) is 2.11. The molecule has 0 saturated heterocycles. The van der Waals surface area contributed by atoms with E-state index in [1.165, 1.54) is 0 Å². The maximum absolute atomic E-state index is 12.0. The van der Waals surface area contributed by atoms with Gasteiger partial charge in [-0.3, -0.25) is 4.79 Å². The fourth-order valence-electron chi connectivity index (χ4n) is 1.99. The van der Waals surface area contributed by atoms with Gasteiger partial charge in [-0.1, -0.05) is 29.3 Å². The van der Waals surface area contributed by atoms with Gasteiger partial charge in [0.2, 0.25) is 0 Å². The van der Waals surface area contributed by atoms with E-state index in [9.17, 15) is 4.79 Å². The van der Waals surface area contributed by atoms with Crippen LogP contribution in [0.4, 0.5) is 0 Å². The van der Waals surface area contributed by atoms with Gasteiger partial charge < -0.3 is 0 Å². The van der Waals surface area contributed by atoms with Gasteiger partial charge in [0.05, 0.1) is 5.71 Å². The van der Waals surface area contributed by atoms with Gasteiger partial charge in [0.1, 0.15) is 0 Å². The van der Waals surface area contributed by atoms with E-state index in [0.29, 0.717) is 10.6 Å². The lowest BCUT2D eigenvalue weighted by molar-refractivity contribution is 0.0955. The number of carbonyl (C=O) groups excluding carboxylic acids is 1. The SMILES string of the molecule is C/C(=N\NC(=O)c1ccc(Cl)cc1)c1cc(C)ccc1C. The minimum atomic E-state index is -0.253. The Hall–Kier alpha value is -2.13. The van der Waals surface area contributed by atoms with Gasteiger partial charge in [-0.05, 0) is 56.7 Å². The number of halogens is 1. The molecule has 0 radical (unpaired) electrons. The molecule has 1 amide bonds. The minimum Gasteiger partial charge on any atom is -0.267 e. The van der Waals surface area contributed by atoms with E-state index in [0.717, 1.165) is 22.4 Å². The lowest BCUT2D eigenvalue weighted by Crippen LogP contribution is -2.19. The summed E-state index contributed by atoms with van der Waals surface area (Å²) in [6.45, 7) is 5.93. The number of benzene rings is 2. The molecule has 0 aliphatic rings. The van der Waals surface area contributed by atoms with E-state index in [1.807, 2.05) is 26.8 Å². The summed E-state index contributed by atoms with van der Waals surface area (Å²) in [5.74, 6) is -0.253. The van der Waals surface area contributed by atoms with Crippen LogP contribution in [-0.2, 0) is 0 Å². The third-order valence-corrected chi connectivity index (χ3v) is 3.47. The minimum absolute atomic E-state index is 0.253. The highest BCUT2D eigenvalue weighted by atomic mass is 35.5. The van der Waals surface area contributed by atoms with Gasteiger partial charge >= 0.3 is 0 Å². The van der Waals surface area contributed by atoms with Gasteiger partial charge in [-0.2, -0.15) is 5.10 Å². The quantitative estimate of drug-likeness (QED) is 0.672. The largest absolute Gasteiger partial charge is 0.271 e. The predicted molar refractivity (Wildman–Crippen MR) is 87.0 cm³/mol. The average Bonchev–Trinajstić information content (AvgIpc) is 2.47. The summed E-state index contributed by atoms with van der Waals surface area (Å²) in [6.07, 6.45) is 0. The molecule has 0 spiro atoms. The maximum Gasteiger partial charge on any atom is 0.271 e. The first-order chi connectivity index (χ1) is 9.97. The zero-order valence-corrected chi connectivity index (χ0v) is 13.0. The van der Waals surface area contributed by atoms with E-state index >= 15 is 0 Å². The number of aryl methyl sites for hydroxylation is 2. The molecule has 4 heteroatoms. The Balaban J connectivity index is 2.14. The standard InChI is InChI=1S/C17H17ClN2O/c1-11-4-5-12(2)16(10-11)13(3)19-20-17(21)14-6-8-15(18)9-7-14/h4-10H,1-3H3,(H,20,21)/b19-13+. The summed E-state index contributed by atoms with van der Waals surface area (Å²) in [4.78, 5) is 12.0. The first kappa shape index (κ1) is 15.3. The molecule has 0 aromatic heterocycles. The Morgan fingerprint density at radius 1 is 1.10 bits per heavy atom. The van der Waals surface area contributed by atoms with Crippen LogP contribution in [0.1, 0.15) is 34.0 Å². The molecular formula is C17H17ClN2O. The highest BCUT2D eigenvalue weighted by Gasteiger charge is 2.06. The highest BCUT2D eigenvalue weighted by molar-refractivity contribution is 6.30. The zero-order chi connectivity index (χ0) is 15.4. The number of rotatable bonds is 3. The molecule has 0 bridgehead atoms. The fraction of sp³-hybridized carbons (Fsp3) is 0.176. The second kappa shape index (κ2) is 6.55. The second-order valence-electron chi connectivity index (χ2n) is 4.96. The Morgan fingerprint density at radius 2 is 1.76 bits per heavy atom. The van der Waals surface area contributed by atoms with E-state index in [4.69, 9.17) is 11.6 Å². The van der Waals surface area contributed by atoms with Crippen molar-refractivity contribution in [2.24, 2.45) is 5.10 Å². The molecule has 1 N–H and O–H groups in total. The van der Waals surface area contributed by atoms with Gasteiger partial charge in [-0.25, -0.2) is 5.43 Å². The molecule has 0 aliphatic heterocycles. The number of carbonyl (C=O) groups is 1.